The van der Waals surface area contributed by atoms with Crippen LogP contribution in [0.4, 0.5) is 16.2 Å². The van der Waals surface area contributed by atoms with Crippen molar-refractivity contribution in [2.75, 3.05) is 10.6 Å². The molecule has 0 unspecified atom stereocenters. The minimum atomic E-state index is -0.365. The third-order valence-electron chi connectivity index (χ3n) is 6.36. The van der Waals surface area contributed by atoms with Gasteiger partial charge in [0.15, 0.2) is 5.82 Å². The van der Waals surface area contributed by atoms with Gasteiger partial charge in [0.05, 0.1) is 5.69 Å². The number of carbonyl (C=O) groups is 1. The highest BCUT2D eigenvalue weighted by Crippen LogP contribution is 2.39. The van der Waals surface area contributed by atoms with Gasteiger partial charge in [0.1, 0.15) is 12.4 Å². The molecule has 3 N–H and O–H groups in total. The van der Waals surface area contributed by atoms with Gasteiger partial charge in [-0.25, -0.2) is 9.89 Å². The Labute approximate surface area is 233 Å². The van der Waals surface area contributed by atoms with Crippen molar-refractivity contribution in [1.82, 2.24) is 20.6 Å². The highest BCUT2D eigenvalue weighted by Gasteiger charge is 2.18. The van der Waals surface area contributed by atoms with E-state index < -0.39 is 0 Å². The molecule has 0 fully saturated rings. The lowest BCUT2D eigenvalue weighted by Gasteiger charge is -2.19. The van der Waals surface area contributed by atoms with E-state index in [1.807, 2.05) is 105 Å². The number of hydrogen-bond acceptors (Lipinski definition) is 5. The Morgan fingerprint density at radius 2 is 1.68 bits per heavy atom. The third kappa shape index (κ3) is 6.42. The lowest BCUT2D eigenvalue weighted by atomic mass is 9.95. The third-order valence-corrected chi connectivity index (χ3v) is 6.36. The summed E-state index contributed by atoms with van der Waals surface area (Å²) in [6, 6.07) is 29.1. The summed E-state index contributed by atoms with van der Waals surface area (Å²) in [5.74, 6) is 1.17. The lowest BCUT2D eigenvalue weighted by molar-refractivity contribution is 0.261. The summed E-state index contributed by atoms with van der Waals surface area (Å²) in [5.41, 5.74) is 6.99. The predicted octanol–water partition coefficient (Wildman–Crippen LogP) is 7.18. The highest BCUT2D eigenvalue weighted by atomic mass is 16.5. The van der Waals surface area contributed by atoms with Crippen LogP contribution < -0.4 is 15.4 Å². The second kappa shape index (κ2) is 12.5. The zero-order valence-corrected chi connectivity index (χ0v) is 22.4. The molecule has 0 saturated carbocycles. The van der Waals surface area contributed by atoms with Crippen LogP contribution in [0.1, 0.15) is 23.6 Å². The Balaban J connectivity index is 1.57. The van der Waals surface area contributed by atoms with E-state index in [-0.39, 0.29) is 6.03 Å². The number of hydrogen-bond donors (Lipinski definition) is 3. The number of ether oxygens (including phenoxy) is 1. The van der Waals surface area contributed by atoms with Crippen molar-refractivity contribution in [3.63, 3.8) is 0 Å². The molecule has 4 aromatic carbocycles. The normalized spacial score (nSPS) is 10.9. The zero-order chi connectivity index (χ0) is 27.7. The van der Waals surface area contributed by atoms with Gasteiger partial charge in [-0.1, -0.05) is 84.4 Å². The smallest absolute Gasteiger partial charge is 0.323 e. The Morgan fingerprint density at radius 1 is 0.925 bits per heavy atom. The van der Waals surface area contributed by atoms with Gasteiger partial charge in [0, 0.05) is 16.8 Å². The first-order chi connectivity index (χ1) is 19.6. The molecule has 0 spiro atoms. The number of aromatic amines is 1. The molecule has 1 heterocycles. The molecular weight excluding hydrogens is 500 g/mol. The van der Waals surface area contributed by atoms with E-state index >= 15 is 0 Å². The van der Waals surface area contributed by atoms with E-state index in [1.165, 1.54) is 0 Å². The van der Waals surface area contributed by atoms with Crippen molar-refractivity contribution in [2.45, 2.75) is 26.9 Å². The molecule has 0 bridgehead atoms. The topological polar surface area (TPSA) is 105 Å². The van der Waals surface area contributed by atoms with Crippen LogP contribution in [0.2, 0.25) is 0 Å². The lowest BCUT2D eigenvalue weighted by Crippen LogP contribution is -2.20. The number of amides is 2. The van der Waals surface area contributed by atoms with Crippen LogP contribution in [0.5, 0.6) is 5.75 Å². The maximum absolute atomic E-state index is 13.2. The molecule has 200 valence electrons. The van der Waals surface area contributed by atoms with Gasteiger partial charge in [-0.15, -0.1) is 5.10 Å². The van der Waals surface area contributed by atoms with Gasteiger partial charge in [0.2, 0.25) is 0 Å². The Hall–Kier alpha value is -5.24. The molecule has 0 saturated heterocycles. The van der Waals surface area contributed by atoms with Crippen LogP contribution in [0.15, 0.2) is 103 Å². The van der Waals surface area contributed by atoms with Crippen molar-refractivity contribution in [3.8, 4) is 28.3 Å². The Bertz CT molecular complexity index is 1600. The molecule has 5 aromatic rings. The van der Waals surface area contributed by atoms with Crippen LogP contribution in [-0.4, -0.2) is 26.7 Å². The summed E-state index contributed by atoms with van der Waals surface area (Å²) in [6.07, 6.45) is 4.69. The number of aryl methyl sites for hydroxylation is 1. The molecule has 0 radical (unpaired) electrons. The minimum Gasteiger partial charge on any atom is -0.486 e. The van der Waals surface area contributed by atoms with Crippen LogP contribution in [0.3, 0.4) is 0 Å². The fourth-order valence-electron chi connectivity index (χ4n) is 4.37. The second-order valence-corrected chi connectivity index (χ2v) is 9.30. The van der Waals surface area contributed by atoms with Gasteiger partial charge in [-0.3, -0.25) is 0 Å². The molecule has 8 heteroatoms. The Kier molecular flexibility index (Phi) is 8.26. The van der Waals surface area contributed by atoms with E-state index in [9.17, 15) is 4.79 Å². The number of aromatic nitrogens is 4. The van der Waals surface area contributed by atoms with Gasteiger partial charge in [0.25, 0.3) is 0 Å². The summed E-state index contributed by atoms with van der Waals surface area (Å²) in [5, 5.41) is 20.4. The number of tetrazole rings is 1. The summed E-state index contributed by atoms with van der Waals surface area (Å²) in [6.45, 7) is 4.34. The molecule has 40 heavy (non-hydrogen) atoms. The van der Waals surface area contributed by atoms with Crippen LogP contribution in [-0.2, 0) is 13.0 Å². The standard InChI is InChI=1S/C32H30N6O2/c1-3-4-12-24-19-25(27-13-8-9-14-28(27)31-35-37-38-36-31)20-29(30(24)40-21-23-10-6-5-7-11-23)34-32(39)33-26-17-15-22(2)16-18-26/h3-11,13-20H,12,21H2,1-2H3,(H2,33,34,39)(H,35,36,37,38)/b4-3+. The number of nitrogens with zero attached hydrogens (tertiary/aromatic N) is 3. The molecule has 8 nitrogen and oxygen atoms in total. The molecule has 0 aliphatic carbocycles. The zero-order valence-electron chi connectivity index (χ0n) is 22.4. The maximum atomic E-state index is 13.2. The molecule has 2 amide bonds. The number of rotatable bonds is 9. The minimum absolute atomic E-state index is 0.359. The molecule has 0 aliphatic heterocycles. The average Bonchev–Trinajstić information content (AvgIpc) is 3.52. The number of anilines is 2. The van der Waals surface area contributed by atoms with E-state index in [0.717, 1.165) is 33.4 Å². The van der Waals surface area contributed by atoms with E-state index in [0.29, 0.717) is 36.0 Å². The molecule has 0 aliphatic rings. The number of carbonyl (C=O) groups excluding carboxylic acids is 1. The number of urea groups is 1. The van der Waals surface area contributed by atoms with Gasteiger partial charge >= 0.3 is 6.03 Å². The first-order valence-electron chi connectivity index (χ1n) is 13.0. The van der Waals surface area contributed by atoms with Gasteiger partial charge in [-0.05, 0) is 71.7 Å². The first kappa shape index (κ1) is 26.4. The summed E-state index contributed by atoms with van der Waals surface area (Å²) >= 11 is 0. The van der Waals surface area contributed by atoms with Crippen LogP contribution in [0, 0.1) is 6.92 Å². The quantitative estimate of drug-likeness (QED) is 0.175. The van der Waals surface area contributed by atoms with E-state index in [1.54, 1.807) is 0 Å². The second-order valence-electron chi connectivity index (χ2n) is 9.30. The fraction of sp³-hybridized carbons (Fsp3) is 0.125. The summed E-state index contributed by atoms with van der Waals surface area (Å²) in [7, 11) is 0. The highest BCUT2D eigenvalue weighted by molar-refractivity contribution is 6.01. The average molecular weight is 531 g/mol. The van der Waals surface area contributed by atoms with Crippen molar-refractivity contribution >= 4 is 17.4 Å². The largest absolute Gasteiger partial charge is 0.486 e. The van der Waals surface area contributed by atoms with Crippen molar-refractivity contribution in [2.24, 2.45) is 0 Å². The van der Waals surface area contributed by atoms with Crippen molar-refractivity contribution in [3.05, 3.63) is 120 Å². The predicted molar refractivity (Wildman–Crippen MR) is 158 cm³/mol. The van der Waals surface area contributed by atoms with Gasteiger partial charge < -0.3 is 15.4 Å². The van der Waals surface area contributed by atoms with Crippen molar-refractivity contribution in [1.29, 1.82) is 0 Å². The molecule has 0 atom stereocenters. The van der Waals surface area contributed by atoms with E-state index in [2.05, 4.69) is 43.4 Å². The molecular formula is C32H30N6O2. The number of benzene rings is 4. The number of nitrogens with one attached hydrogen (secondary N) is 3. The molecule has 1 aromatic heterocycles. The van der Waals surface area contributed by atoms with Crippen LogP contribution >= 0.6 is 0 Å². The monoisotopic (exact) mass is 530 g/mol. The first-order valence-corrected chi connectivity index (χ1v) is 13.0. The van der Waals surface area contributed by atoms with E-state index in [4.69, 9.17) is 4.74 Å². The van der Waals surface area contributed by atoms with Crippen molar-refractivity contribution < 1.29 is 9.53 Å². The van der Waals surface area contributed by atoms with Gasteiger partial charge in [-0.2, -0.15) is 0 Å². The number of allylic oxidation sites excluding steroid dienone is 2. The molecule has 5 rings (SSSR count). The Morgan fingerprint density at radius 3 is 2.40 bits per heavy atom. The number of H-pyrrole nitrogens is 1. The maximum Gasteiger partial charge on any atom is 0.323 e. The fourth-order valence-corrected chi connectivity index (χ4v) is 4.37. The summed E-state index contributed by atoms with van der Waals surface area (Å²) in [4.78, 5) is 13.2. The summed E-state index contributed by atoms with van der Waals surface area (Å²) < 4.78 is 6.40. The SMILES string of the molecule is C/C=C/Cc1cc(-c2ccccc2-c2nnn[nH]2)cc(NC(=O)Nc2ccc(C)cc2)c1OCc1ccccc1. The van der Waals surface area contributed by atoms with Crippen LogP contribution in [0.25, 0.3) is 22.5 Å².